The van der Waals surface area contributed by atoms with Crippen molar-refractivity contribution < 1.29 is 9.59 Å². The number of hydrogen-bond acceptors (Lipinski definition) is 4. The van der Waals surface area contributed by atoms with Crippen LogP contribution in [0, 0.1) is 0 Å². The van der Waals surface area contributed by atoms with Crippen molar-refractivity contribution in [3.63, 3.8) is 0 Å². The van der Waals surface area contributed by atoms with Crippen LogP contribution in [0.5, 0.6) is 0 Å². The second-order valence-corrected chi connectivity index (χ2v) is 8.69. The zero-order valence-corrected chi connectivity index (χ0v) is 17.2. The zero-order chi connectivity index (χ0) is 20.6. The van der Waals surface area contributed by atoms with E-state index in [0.717, 1.165) is 42.7 Å². The van der Waals surface area contributed by atoms with Crippen molar-refractivity contribution >= 4 is 17.5 Å². The highest BCUT2D eigenvalue weighted by Gasteiger charge is 2.59. The summed E-state index contributed by atoms with van der Waals surface area (Å²) in [4.78, 5) is 35.4. The number of aromatic nitrogens is 1. The normalized spacial score (nSPS) is 26.5. The van der Waals surface area contributed by atoms with Crippen LogP contribution in [0.2, 0.25) is 0 Å². The molecule has 1 aromatic carbocycles. The first-order chi connectivity index (χ1) is 14.7. The van der Waals surface area contributed by atoms with Crippen LogP contribution < -0.4 is 5.32 Å². The summed E-state index contributed by atoms with van der Waals surface area (Å²) in [6, 6.07) is 11.4. The van der Waals surface area contributed by atoms with Crippen LogP contribution in [0.4, 0.5) is 5.69 Å². The number of pyridine rings is 1. The molecule has 30 heavy (non-hydrogen) atoms. The minimum atomic E-state index is -0.756. The monoisotopic (exact) mass is 404 g/mol. The van der Waals surface area contributed by atoms with Crippen LogP contribution in [0.25, 0.3) is 0 Å². The summed E-state index contributed by atoms with van der Waals surface area (Å²) in [6.45, 7) is 2.96. The van der Waals surface area contributed by atoms with Gasteiger partial charge in [-0.3, -0.25) is 19.5 Å². The lowest BCUT2D eigenvalue weighted by molar-refractivity contribution is -0.134. The number of carbonyl (C=O) groups excluding carboxylic acids is 2. The molecule has 2 fully saturated rings. The lowest BCUT2D eigenvalue weighted by Crippen LogP contribution is -2.45. The lowest BCUT2D eigenvalue weighted by atomic mass is 9.73. The van der Waals surface area contributed by atoms with Crippen LogP contribution in [0.15, 0.2) is 48.8 Å². The van der Waals surface area contributed by atoms with Gasteiger partial charge in [0, 0.05) is 24.6 Å². The number of carbonyl (C=O) groups is 2. The number of para-hydroxylation sites is 1. The Balaban J connectivity index is 1.51. The Kier molecular flexibility index (Phi) is 5.03. The third-order valence-electron chi connectivity index (χ3n) is 6.96. The fraction of sp³-hybridized carbons (Fsp3) is 0.458. The number of anilines is 1. The number of benzene rings is 1. The molecule has 3 aliphatic rings. The van der Waals surface area contributed by atoms with Gasteiger partial charge in [-0.1, -0.05) is 37.1 Å². The Morgan fingerprint density at radius 2 is 1.87 bits per heavy atom. The van der Waals surface area contributed by atoms with Gasteiger partial charge in [0.1, 0.15) is 5.41 Å². The molecular weight excluding hydrogens is 376 g/mol. The highest BCUT2D eigenvalue weighted by Crippen LogP contribution is 2.54. The van der Waals surface area contributed by atoms with E-state index >= 15 is 0 Å². The van der Waals surface area contributed by atoms with E-state index in [0.29, 0.717) is 19.5 Å². The molecule has 156 valence electrons. The van der Waals surface area contributed by atoms with E-state index in [9.17, 15) is 9.59 Å². The summed E-state index contributed by atoms with van der Waals surface area (Å²) in [5.74, 6) is 0.0995. The molecule has 1 aromatic heterocycles. The summed E-state index contributed by atoms with van der Waals surface area (Å²) in [6.07, 6.45) is 8.95. The number of rotatable bonds is 3. The van der Waals surface area contributed by atoms with Gasteiger partial charge in [0.25, 0.3) is 0 Å². The summed E-state index contributed by atoms with van der Waals surface area (Å²) < 4.78 is 0. The van der Waals surface area contributed by atoms with Gasteiger partial charge < -0.3 is 10.2 Å². The number of amides is 2. The molecule has 4 heterocycles. The average molecular weight is 405 g/mol. The van der Waals surface area contributed by atoms with E-state index in [-0.39, 0.29) is 17.9 Å². The summed E-state index contributed by atoms with van der Waals surface area (Å²) in [7, 11) is 0. The van der Waals surface area contributed by atoms with Gasteiger partial charge in [-0.2, -0.15) is 0 Å². The molecular formula is C24H28N4O2. The van der Waals surface area contributed by atoms with Crippen LogP contribution in [0.3, 0.4) is 0 Å². The average Bonchev–Trinajstić information content (AvgIpc) is 3.18. The van der Waals surface area contributed by atoms with Crippen molar-refractivity contribution in [3.05, 3.63) is 59.9 Å². The van der Waals surface area contributed by atoms with Crippen molar-refractivity contribution in [3.8, 4) is 0 Å². The van der Waals surface area contributed by atoms with Gasteiger partial charge in [-0.15, -0.1) is 0 Å². The predicted molar refractivity (Wildman–Crippen MR) is 115 cm³/mol. The van der Waals surface area contributed by atoms with Gasteiger partial charge in [-0.25, -0.2) is 0 Å². The maximum atomic E-state index is 13.5. The number of nitrogens with one attached hydrogen (secondary N) is 1. The third-order valence-corrected chi connectivity index (χ3v) is 6.96. The number of likely N-dealkylation sites (tertiary alicyclic amines) is 2. The first-order valence-corrected chi connectivity index (χ1v) is 11.0. The van der Waals surface area contributed by atoms with Crippen LogP contribution >= 0.6 is 0 Å². The molecule has 0 saturated carbocycles. The first kappa shape index (κ1) is 19.2. The summed E-state index contributed by atoms with van der Waals surface area (Å²) >= 11 is 0. The summed E-state index contributed by atoms with van der Waals surface area (Å²) in [5.41, 5.74) is 2.02. The van der Waals surface area contributed by atoms with Crippen molar-refractivity contribution in [1.29, 1.82) is 0 Å². The van der Waals surface area contributed by atoms with Crippen LogP contribution in [0.1, 0.15) is 49.3 Å². The Morgan fingerprint density at radius 1 is 1.07 bits per heavy atom. The smallest absolute Gasteiger partial charge is 0.237 e. The molecule has 0 radical (unpaired) electrons. The molecule has 0 bridgehead atoms. The molecule has 2 aromatic rings. The first-order valence-electron chi connectivity index (χ1n) is 11.0. The molecule has 5 rings (SSSR count). The highest BCUT2D eigenvalue weighted by atomic mass is 16.2. The van der Waals surface area contributed by atoms with Gasteiger partial charge in [-0.05, 0) is 55.6 Å². The van der Waals surface area contributed by atoms with Gasteiger partial charge in [0.05, 0.1) is 12.6 Å². The fourth-order valence-corrected chi connectivity index (χ4v) is 5.53. The molecule has 1 spiro atoms. The zero-order valence-electron chi connectivity index (χ0n) is 17.2. The molecule has 0 aliphatic carbocycles. The lowest BCUT2D eigenvalue weighted by Gasteiger charge is -2.35. The van der Waals surface area contributed by atoms with E-state index in [2.05, 4.69) is 15.2 Å². The second kappa shape index (κ2) is 7.84. The molecule has 2 amide bonds. The van der Waals surface area contributed by atoms with E-state index < -0.39 is 5.41 Å². The van der Waals surface area contributed by atoms with E-state index in [1.165, 1.54) is 12.8 Å². The third kappa shape index (κ3) is 3.10. The van der Waals surface area contributed by atoms with Gasteiger partial charge >= 0.3 is 0 Å². The predicted octanol–water partition coefficient (Wildman–Crippen LogP) is 3.12. The second-order valence-electron chi connectivity index (χ2n) is 8.69. The molecule has 6 heteroatoms. The maximum absolute atomic E-state index is 13.5. The van der Waals surface area contributed by atoms with Crippen LogP contribution in [-0.2, 0) is 15.0 Å². The molecule has 1 N–H and O–H groups in total. The largest absolute Gasteiger partial charge is 0.333 e. The standard InChI is InChI=1S/C24H28N4O2/c29-21(17-27-13-5-1-2-6-14-27)28-15-11-24(22(28)18-8-7-12-25-16-18)19-9-3-4-10-20(19)26-23(24)30/h3-4,7-10,12,16,22H,1-2,5-6,11,13-15,17H2,(H,26,30). The molecule has 3 aliphatic heterocycles. The van der Waals surface area contributed by atoms with Crippen LogP contribution in [-0.4, -0.2) is 52.8 Å². The molecule has 2 unspecified atom stereocenters. The molecule has 2 atom stereocenters. The van der Waals surface area contributed by atoms with Gasteiger partial charge in [0.15, 0.2) is 0 Å². The Bertz CT molecular complexity index is 939. The highest BCUT2D eigenvalue weighted by molar-refractivity contribution is 6.07. The Labute approximate surface area is 177 Å². The number of hydrogen-bond donors (Lipinski definition) is 1. The topological polar surface area (TPSA) is 65.5 Å². The maximum Gasteiger partial charge on any atom is 0.237 e. The van der Waals surface area contributed by atoms with E-state index in [4.69, 9.17) is 0 Å². The van der Waals surface area contributed by atoms with Crippen molar-refractivity contribution in [2.45, 2.75) is 43.6 Å². The number of nitrogens with zero attached hydrogens (tertiary/aromatic N) is 3. The van der Waals surface area contributed by atoms with E-state index in [1.54, 1.807) is 12.4 Å². The SMILES string of the molecule is O=C(CN1CCCCCC1)N1CCC2(C(=O)Nc3ccccc32)C1c1cccnc1. The quantitative estimate of drug-likeness (QED) is 0.854. The fourth-order valence-electron chi connectivity index (χ4n) is 5.53. The minimum Gasteiger partial charge on any atom is -0.333 e. The Hall–Kier alpha value is -2.73. The molecule has 2 saturated heterocycles. The van der Waals surface area contributed by atoms with Crippen molar-refractivity contribution in [2.75, 3.05) is 31.5 Å². The Morgan fingerprint density at radius 3 is 2.63 bits per heavy atom. The van der Waals surface area contributed by atoms with Crippen molar-refractivity contribution in [1.82, 2.24) is 14.8 Å². The molecule has 6 nitrogen and oxygen atoms in total. The van der Waals surface area contributed by atoms with Gasteiger partial charge in [0.2, 0.25) is 11.8 Å². The summed E-state index contributed by atoms with van der Waals surface area (Å²) in [5, 5.41) is 3.07. The number of fused-ring (bicyclic) bond motifs is 2. The van der Waals surface area contributed by atoms with Crippen molar-refractivity contribution in [2.24, 2.45) is 0 Å². The van der Waals surface area contributed by atoms with E-state index in [1.807, 2.05) is 41.3 Å². The minimum absolute atomic E-state index is 0.0115.